The lowest BCUT2D eigenvalue weighted by Crippen LogP contribution is -2.26. The summed E-state index contributed by atoms with van der Waals surface area (Å²) < 4.78 is 0. The largest absolute Gasteiger partial charge is 0.356 e. The van der Waals surface area contributed by atoms with Crippen LogP contribution in [0, 0.1) is 5.92 Å². The number of carbonyl (C=O) groups is 2. The van der Waals surface area contributed by atoms with E-state index in [1.54, 1.807) is 0 Å². The molecule has 1 N–H and O–H groups in total. The van der Waals surface area contributed by atoms with Gasteiger partial charge in [-0.2, -0.15) is 0 Å². The Labute approximate surface area is 72.5 Å². The number of carbonyl (C=O) groups excluding carboxylic acids is 2. The van der Waals surface area contributed by atoms with Gasteiger partial charge in [0, 0.05) is 6.54 Å². The zero-order valence-corrected chi connectivity index (χ0v) is 7.43. The van der Waals surface area contributed by atoms with Crippen LogP contribution in [-0.4, -0.2) is 18.2 Å². The molecule has 3 nitrogen and oxygen atoms in total. The predicted molar refractivity (Wildman–Crippen MR) is 45.6 cm³/mol. The first-order valence-electron chi connectivity index (χ1n) is 4.44. The highest BCUT2D eigenvalue weighted by Gasteiger charge is 2.20. The van der Waals surface area contributed by atoms with Crippen molar-refractivity contribution in [2.45, 2.75) is 32.6 Å². The Morgan fingerprint density at radius 1 is 1.42 bits per heavy atom. The SMILES string of the molecule is CC(=O)CC(=O)NCCC1CC1. The Hall–Kier alpha value is -0.860. The van der Waals surface area contributed by atoms with Gasteiger partial charge in [-0.25, -0.2) is 0 Å². The highest BCUT2D eigenvalue weighted by atomic mass is 16.2. The van der Waals surface area contributed by atoms with Crippen molar-refractivity contribution in [1.82, 2.24) is 5.32 Å². The zero-order chi connectivity index (χ0) is 8.97. The fourth-order valence-electron chi connectivity index (χ4n) is 1.11. The summed E-state index contributed by atoms with van der Waals surface area (Å²) in [6.07, 6.45) is 3.72. The van der Waals surface area contributed by atoms with Crippen molar-refractivity contribution in [2.24, 2.45) is 5.92 Å². The normalized spacial score (nSPS) is 15.8. The van der Waals surface area contributed by atoms with Crippen molar-refractivity contribution in [2.75, 3.05) is 6.54 Å². The van der Waals surface area contributed by atoms with Crippen molar-refractivity contribution in [3.63, 3.8) is 0 Å². The third-order valence-electron chi connectivity index (χ3n) is 1.98. The molecule has 0 unspecified atom stereocenters. The van der Waals surface area contributed by atoms with Gasteiger partial charge in [0.05, 0.1) is 6.42 Å². The summed E-state index contributed by atoms with van der Waals surface area (Å²) in [6.45, 7) is 2.16. The second-order valence-electron chi connectivity index (χ2n) is 3.46. The monoisotopic (exact) mass is 169 g/mol. The molecule has 1 aliphatic carbocycles. The van der Waals surface area contributed by atoms with Gasteiger partial charge in [-0.3, -0.25) is 9.59 Å². The molecule has 0 aromatic rings. The molecule has 1 rings (SSSR count). The minimum atomic E-state index is -0.136. The van der Waals surface area contributed by atoms with Crippen LogP contribution in [0.25, 0.3) is 0 Å². The van der Waals surface area contributed by atoms with Gasteiger partial charge in [-0.05, 0) is 19.3 Å². The van der Waals surface area contributed by atoms with Crippen molar-refractivity contribution >= 4 is 11.7 Å². The average molecular weight is 169 g/mol. The van der Waals surface area contributed by atoms with Crippen LogP contribution in [-0.2, 0) is 9.59 Å². The molecule has 3 heteroatoms. The molecule has 0 aromatic heterocycles. The highest BCUT2D eigenvalue weighted by Crippen LogP contribution is 2.31. The van der Waals surface area contributed by atoms with Gasteiger partial charge in [0.2, 0.25) is 5.91 Å². The lowest BCUT2D eigenvalue weighted by molar-refractivity contribution is -0.127. The maximum Gasteiger partial charge on any atom is 0.227 e. The topological polar surface area (TPSA) is 46.2 Å². The van der Waals surface area contributed by atoms with E-state index in [1.165, 1.54) is 19.8 Å². The first-order chi connectivity index (χ1) is 5.68. The standard InChI is InChI=1S/C9H15NO2/c1-7(11)6-9(12)10-5-4-8-2-3-8/h8H,2-6H2,1H3,(H,10,12). The van der Waals surface area contributed by atoms with E-state index in [0.29, 0.717) is 0 Å². The smallest absolute Gasteiger partial charge is 0.227 e. The summed E-state index contributed by atoms with van der Waals surface area (Å²) in [5, 5.41) is 2.73. The van der Waals surface area contributed by atoms with Crippen LogP contribution in [0.3, 0.4) is 0 Å². The van der Waals surface area contributed by atoms with E-state index in [0.717, 1.165) is 18.9 Å². The molecule has 0 atom stereocenters. The van der Waals surface area contributed by atoms with Crippen molar-refractivity contribution in [3.8, 4) is 0 Å². The molecule has 0 saturated heterocycles. The number of rotatable bonds is 5. The van der Waals surface area contributed by atoms with E-state index in [-0.39, 0.29) is 18.1 Å². The molecule has 0 bridgehead atoms. The fraction of sp³-hybridized carbons (Fsp3) is 0.778. The maximum absolute atomic E-state index is 10.9. The van der Waals surface area contributed by atoms with Gasteiger partial charge in [0.1, 0.15) is 5.78 Å². The zero-order valence-electron chi connectivity index (χ0n) is 7.43. The van der Waals surface area contributed by atoms with Gasteiger partial charge < -0.3 is 5.32 Å². The van der Waals surface area contributed by atoms with Crippen LogP contribution in [0.15, 0.2) is 0 Å². The van der Waals surface area contributed by atoms with E-state index < -0.39 is 0 Å². The number of amides is 1. The molecule has 1 amide bonds. The summed E-state index contributed by atoms with van der Waals surface area (Å²) >= 11 is 0. The van der Waals surface area contributed by atoms with Crippen LogP contribution in [0.5, 0.6) is 0 Å². The first-order valence-corrected chi connectivity index (χ1v) is 4.44. The molecule has 0 radical (unpaired) electrons. The summed E-state index contributed by atoms with van der Waals surface area (Å²) in [6, 6.07) is 0. The molecule has 1 saturated carbocycles. The lowest BCUT2D eigenvalue weighted by atomic mass is 10.2. The highest BCUT2D eigenvalue weighted by molar-refractivity contribution is 5.96. The Morgan fingerprint density at radius 2 is 2.08 bits per heavy atom. The molecule has 68 valence electrons. The number of Topliss-reactive ketones (excluding diaryl/α,β-unsaturated/α-hetero) is 1. The average Bonchev–Trinajstić information content (AvgIpc) is 2.69. The fourth-order valence-corrected chi connectivity index (χ4v) is 1.11. The van der Waals surface area contributed by atoms with Gasteiger partial charge in [-0.1, -0.05) is 12.8 Å². The Balaban J connectivity index is 1.97. The Bertz CT molecular complexity index is 185. The first kappa shape index (κ1) is 9.23. The van der Waals surface area contributed by atoms with E-state index in [2.05, 4.69) is 5.32 Å². The molecule has 0 heterocycles. The van der Waals surface area contributed by atoms with Crippen LogP contribution in [0.4, 0.5) is 0 Å². The predicted octanol–water partition coefficient (Wildman–Crippen LogP) is 0.882. The summed E-state index contributed by atoms with van der Waals surface area (Å²) in [5.74, 6) is 0.629. The van der Waals surface area contributed by atoms with Gasteiger partial charge >= 0.3 is 0 Å². The maximum atomic E-state index is 10.9. The van der Waals surface area contributed by atoms with Gasteiger partial charge in [0.15, 0.2) is 0 Å². The van der Waals surface area contributed by atoms with Crippen LogP contribution < -0.4 is 5.32 Å². The lowest BCUT2D eigenvalue weighted by Gasteiger charge is -2.01. The summed E-state index contributed by atoms with van der Waals surface area (Å²) in [7, 11) is 0. The molecule has 1 aliphatic rings. The Morgan fingerprint density at radius 3 is 2.58 bits per heavy atom. The third-order valence-corrected chi connectivity index (χ3v) is 1.98. The number of hydrogen-bond acceptors (Lipinski definition) is 2. The summed E-state index contributed by atoms with van der Waals surface area (Å²) in [4.78, 5) is 21.4. The quantitative estimate of drug-likeness (QED) is 0.621. The Kier molecular flexibility index (Phi) is 3.26. The number of ketones is 1. The van der Waals surface area contributed by atoms with E-state index in [1.807, 2.05) is 0 Å². The van der Waals surface area contributed by atoms with Crippen molar-refractivity contribution in [1.29, 1.82) is 0 Å². The number of hydrogen-bond donors (Lipinski definition) is 1. The molecular formula is C9H15NO2. The minimum Gasteiger partial charge on any atom is -0.356 e. The van der Waals surface area contributed by atoms with Crippen LogP contribution >= 0.6 is 0 Å². The molecule has 1 fully saturated rings. The molecule has 12 heavy (non-hydrogen) atoms. The second-order valence-corrected chi connectivity index (χ2v) is 3.46. The molecule has 0 spiro atoms. The van der Waals surface area contributed by atoms with Gasteiger partial charge in [0.25, 0.3) is 0 Å². The van der Waals surface area contributed by atoms with E-state index >= 15 is 0 Å². The van der Waals surface area contributed by atoms with Crippen LogP contribution in [0.2, 0.25) is 0 Å². The van der Waals surface area contributed by atoms with Gasteiger partial charge in [-0.15, -0.1) is 0 Å². The minimum absolute atomic E-state index is 0.0324. The van der Waals surface area contributed by atoms with Crippen molar-refractivity contribution < 1.29 is 9.59 Å². The molecule has 0 aliphatic heterocycles. The number of nitrogens with one attached hydrogen (secondary N) is 1. The molecule has 0 aromatic carbocycles. The molecular weight excluding hydrogens is 154 g/mol. The third kappa shape index (κ3) is 4.11. The summed E-state index contributed by atoms with van der Waals surface area (Å²) in [5.41, 5.74) is 0. The van der Waals surface area contributed by atoms with Crippen molar-refractivity contribution in [3.05, 3.63) is 0 Å². The van der Waals surface area contributed by atoms with E-state index in [4.69, 9.17) is 0 Å². The van der Waals surface area contributed by atoms with E-state index in [9.17, 15) is 9.59 Å². The van der Waals surface area contributed by atoms with Crippen LogP contribution in [0.1, 0.15) is 32.6 Å². The second kappa shape index (κ2) is 4.24.